The molecule has 12 heteroatoms. The predicted molar refractivity (Wildman–Crippen MR) is 158 cm³/mol. The molecule has 228 valence electrons. The second-order valence-electron chi connectivity index (χ2n) is 11.9. The summed E-state index contributed by atoms with van der Waals surface area (Å²) in [6, 6.07) is 8.54. The Kier molecular flexibility index (Phi) is 11.1. The Morgan fingerprint density at radius 3 is 2.61 bits per heavy atom. The first-order valence-corrected chi connectivity index (χ1v) is 13.7. The molecule has 2 saturated heterocycles. The molecule has 1 aromatic carbocycles. The minimum absolute atomic E-state index is 0. The molecular formula is C29H40Cl2F3N5O2. The molecule has 5 rings (SSSR count). The second-order valence-corrected chi connectivity index (χ2v) is 11.9. The van der Waals surface area contributed by atoms with Crippen molar-refractivity contribution < 1.29 is 22.7 Å². The van der Waals surface area contributed by atoms with Crippen molar-refractivity contribution in [1.29, 1.82) is 0 Å². The minimum Gasteiger partial charge on any atom is -0.374 e. The topological polar surface area (TPSA) is 60.9 Å². The maximum Gasteiger partial charge on any atom is 0.283 e. The SMILES string of the molecule is C[C@@H]1CN(CC(=O)N2CC(C)(C)c3ncc(Cc4ccc(F)cc4)cc32)[C@@H](CN2CCOCC(F)(F)C2)CN1.Cl.Cl. The highest BCUT2D eigenvalue weighted by Gasteiger charge is 2.41. The van der Waals surface area contributed by atoms with Gasteiger partial charge in [0.05, 0.1) is 31.1 Å². The number of carbonyl (C=O) groups is 1. The normalized spacial score (nSPS) is 24.1. The molecular weight excluding hydrogens is 578 g/mol. The predicted octanol–water partition coefficient (Wildman–Crippen LogP) is 3.91. The zero-order chi connectivity index (χ0) is 27.8. The number of pyridine rings is 1. The summed E-state index contributed by atoms with van der Waals surface area (Å²) < 4.78 is 46.8. The van der Waals surface area contributed by atoms with Crippen LogP contribution in [0.2, 0.25) is 0 Å². The monoisotopic (exact) mass is 617 g/mol. The molecule has 7 nitrogen and oxygen atoms in total. The number of nitrogens with one attached hydrogen (secondary N) is 1. The smallest absolute Gasteiger partial charge is 0.283 e. The van der Waals surface area contributed by atoms with E-state index in [0.29, 0.717) is 39.1 Å². The molecule has 1 N–H and O–H groups in total. The second kappa shape index (κ2) is 13.6. The van der Waals surface area contributed by atoms with E-state index in [1.54, 1.807) is 17.0 Å². The molecule has 0 radical (unpaired) electrons. The van der Waals surface area contributed by atoms with Crippen molar-refractivity contribution in [3.63, 3.8) is 0 Å². The zero-order valence-corrected chi connectivity index (χ0v) is 25.4. The molecule has 2 atom stereocenters. The maximum atomic E-state index is 14.2. The first-order valence-electron chi connectivity index (χ1n) is 13.7. The Balaban J connectivity index is 0.00000231. The van der Waals surface area contributed by atoms with Crippen LogP contribution in [-0.4, -0.2) is 97.7 Å². The van der Waals surface area contributed by atoms with Crippen molar-refractivity contribution >= 4 is 36.4 Å². The molecule has 2 fully saturated rings. The molecule has 0 spiro atoms. The van der Waals surface area contributed by atoms with Crippen LogP contribution in [0.15, 0.2) is 36.5 Å². The number of hydrogen-bond acceptors (Lipinski definition) is 6. The van der Waals surface area contributed by atoms with E-state index in [9.17, 15) is 18.0 Å². The van der Waals surface area contributed by atoms with E-state index in [1.165, 1.54) is 12.1 Å². The third-order valence-electron chi connectivity index (χ3n) is 7.89. The van der Waals surface area contributed by atoms with Crippen molar-refractivity contribution in [2.75, 3.05) is 63.9 Å². The Bertz CT molecular complexity index is 1190. The first-order chi connectivity index (χ1) is 18.5. The number of anilines is 1. The summed E-state index contributed by atoms with van der Waals surface area (Å²) in [5.41, 5.74) is 3.32. The number of piperazine rings is 1. The molecule has 4 heterocycles. The average Bonchev–Trinajstić information content (AvgIpc) is 3.02. The van der Waals surface area contributed by atoms with Gasteiger partial charge in [0, 0.05) is 56.4 Å². The van der Waals surface area contributed by atoms with Gasteiger partial charge in [-0.05, 0) is 42.7 Å². The van der Waals surface area contributed by atoms with E-state index in [4.69, 9.17) is 9.72 Å². The van der Waals surface area contributed by atoms with Crippen molar-refractivity contribution in [2.24, 2.45) is 0 Å². The van der Waals surface area contributed by atoms with Gasteiger partial charge >= 0.3 is 0 Å². The summed E-state index contributed by atoms with van der Waals surface area (Å²) >= 11 is 0. The summed E-state index contributed by atoms with van der Waals surface area (Å²) in [5, 5.41) is 3.45. The van der Waals surface area contributed by atoms with E-state index in [1.807, 2.05) is 17.2 Å². The molecule has 0 aliphatic carbocycles. The molecule has 3 aliphatic rings. The van der Waals surface area contributed by atoms with Gasteiger partial charge < -0.3 is 15.0 Å². The summed E-state index contributed by atoms with van der Waals surface area (Å²) in [5.74, 6) is -3.18. The van der Waals surface area contributed by atoms with Crippen molar-refractivity contribution in [2.45, 2.75) is 50.6 Å². The van der Waals surface area contributed by atoms with Crippen LogP contribution in [0.3, 0.4) is 0 Å². The van der Waals surface area contributed by atoms with E-state index >= 15 is 0 Å². The largest absolute Gasteiger partial charge is 0.374 e. The van der Waals surface area contributed by atoms with Gasteiger partial charge in [-0.15, -0.1) is 24.8 Å². The lowest BCUT2D eigenvalue weighted by Crippen LogP contribution is -2.61. The lowest BCUT2D eigenvalue weighted by molar-refractivity contribution is -0.121. The van der Waals surface area contributed by atoms with Gasteiger partial charge in [-0.3, -0.25) is 19.6 Å². The van der Waals surface area contributed by atoms with Crippen molar-refractivity contribution in [3.05, 3.63) is 59.2 Å². The zero-order valence-electron chi connectivity index (χ0n) is 23.7. The van der Waals surface area contributed by atoms with Crippen LogP contribution in [-0.2, 0) is 21.4 Å². The van der Waals surface area contributed by atoms with Gasteiger partial charge in [-0.2, -0.15) is 0 Å². The fourth-order valence-electron chi connectivity index (χ4n) is 5.92. The van der Waals surface area contributed by atoms with Gasteiger partial charge in [0.1, 0.15) is 12.4 Å². The van der Waals surface area contributed by atoms with E-state index in [0.717, 1.165) is 22.5 Å². The molecule has 41 heavy (non-hydrogen) atoms. The fourth-order valence-corrected chi connectivity index (χ4v) is 5.92. The van der Waals surface area contributed by atoms with E-state index in [-0.39, 0.29) is 73.7 Å². The lowest BCUT2D eigenvalue weighted by atomic mass is 9.91. The van der Waals surface area contributed by atoms with E-state index in [2.05, 4.69) is 31.0 Å². The lowest BCUT2D eigenvalue weighted by Gasteiger charge is -2.41. The quantitative estimate of drug-likeness (QED) is 0.530. The van der Waals surface area contributed by atoms with E-state index < -0.39 is 12.5 Å². The molecule has 0 saturated carbocycles. The van der Waals surface area contributed by atoms with Gasteiger partial charge in [-0.1, -0.05) is 26.0 Å². The number of aromatic nitrogens is 1. The number of fused-ring (bicyclic) bond motifs is 1. The summed E-state index contributed by atoms with van der Waals surface area (Å²) in [6.45, 7) is 8.53. The average molecular weight is 619 g/mol. The number of hydrogen-bond donors (Lipinski definition) is 1. The molecule has 1 amide bonds. The van der Waals surface area contributed by atoms with Gasteiger partial charge in [0.25, 0.3) is 5.92 Å². The highest BCUT2D eigenvalue weighted by atomic mass is 35.5. The number of amides is 1. The number of ether oxygens (including phenoxy) is 1. The third kappa shape index (κ3) is 8.12. The first kappa shape index (κ1) is 33.6. The van der Waals surface area contributed by atoms with Crippen LogP contribution in [0.25, 0.3) is 0 Å². The molecule has 1 aromatic heterocycles. The maximum absolute atomic E-state index is 14.2. The fraction of sp³-hybridized carbons (Fsp3) is 0.586. The summed E-state index contributed by atoms with van der Waals surface area (Å²) in [4.78, 5) is 24.3. The standard InChI is InChI=1S/C29H38F3N5O2.2ClH/c1-20-14-36(24(13-33-20)15-35-8-9-39-19-29(31,32)18-35)16-26(38)37-17-28(2,3)27-25(37)11-22(12-34-27)10-21-4-6-23(30)7-5-21;;/h4-7,11-12,20,24,33H,8-10,13-19H2,1-3H3;2*1H/t20-,24-;;/m1../s1. The Morgan fingerprint density at radius 2 is 1.88 bits per heavy atom. The van der Waals surface area contributed by atoms with Crippen LogP contribution in [0.5, 0.6) is 0 Å². The van der Waals surface area contributed by atoms with Gasteiger partial charge in [-0.25, -0.2) is 13.2 Å². The van der Waals surface area contributed by atoms with Crippen molar-refractivity contribution in [3.8, 4) is 0 Å². The number of nitrogens with zero attached hydrogens (tertiary/aromatic N) is 4. The molecule has 2 aromatic rings. The Labute approximate surface area is 252 Å². The van der Waals surface area contributed by atoms with Crippen LogP contribution >= 0.6 is 24.8 Å². The number of benzene rings is 1. The number of carbonyl (C=O) groups excluding carboxylic acids is 1. The van der Waals surface area contributed by atoms with Crippen LogP contribution in [0.1, 0.15) is 37.6 Å². The van der Waals surface area contributed by atoms with Crippen LogP contribution < -0.4 is 10.2 Å². The number of alkyl halides is 2. The summed E-state index contributed by atoms with van der Waals surface area (Å²) in [6.07, 6.45) is 2.43. The van der Waals surface area contributed by atoms with Gasteiger partial charge in [0.2, 0.25) is 5.91 Å². The van der Waals surface area contributed by atoms with Crippen molar-refractivity contribution in [1.82, 2.24) is 20.1 Å². The Morgan fingerprint density at radius 1 is 1.15 bits per heavy atom. The highest BCUT2D eigenvalue weighted by molar-refractivity contribution is 5.97. The van der Waals surface area contributed by atoms with Crippen LogP contribution in [0.4, 0.5) is 18.9 Å². The minimum atomic E-state index is -2.88. The number of rotatable bonds is 6. The molecule has 0 unspecified atom stereocenters. The highest BCUT2D eigenvalue weighted by Crippen LogP contribution is 2.39. The molecule has 0 bridgehead atoms. The number of halogens is 5. The van der Waals surface area contributed by atoms with Crippen LogP contribution in [0, 0.1) is 5.82 Å². The third-order valence-corrected chi connectivity index (χ3v) is 7.89. The summed E-state index contributed by atoms with van der Waals surface area (Å²) in [7, 11) is 0. The Hall–Kier alpha value is -1.95. The molecule has 3 aliphatic heterocycles. The van der Waals surface area contributed by atoms with Gasteiger partial charge in [0.15, 0.2) is 0 Å².